The maximum atomic E-state index is 13.8. The minimum atomic E-state index is -0.308. The topological polar surface area (TPSA) is 45.7 Å². The fourth-order valence-corrected chi connectivity index (χ4v) is 5.63. The fourth-order valence-electron chi connectivity index (χ4n) is 5.63. The summed E-state index contributed by atoms with van der Waals surface area (Å²) in [6, 6.07) is 16.1. The van der Waals surface area contributed by atoms with Gasteiger partial charge in [-0.3, -0.25) is 9.69 Å². The summed E-state index contributed by atoms with van der Waals surface area (Å²) in [5.41, 5.74) is 4.42. The van der Waals surface area contributed by atoms with Gasteiger partial charge in [0.15, 0.2) is 0 Å². The molecule has 0 radical (unpaired) electrons. The maximum Gasteiger partial charge on any atom is 0.270 e. The molecule has 2 atom stereocenters. The molecular formula is C30H29F2N5O. The summed E-state index contributed by atoms with van der Waals surface area (Å²) < 4.78 is 29.2. The normalized spacial score (nSPS) is 18.2. The van der Waals surface area contributed by atoms with Gasteiger partial charge >= 0.3 is 0 Å². The lowest BCUT2D eigenvalue weighted by Crippen LogP contribution is -2.58. The van der Waals surface area contributed by atoms with E-state index in [0.29, 0.717) is 29.7 Å². The predicted octanol–water partition coefficient (Wildman–Crippen LogP) is 5.76. The van der Waals surface area contributed by atoms with Crippen LogP contribution in [0.25, 0.3) is 15.9 Å². The van der Waals surface area contributed by atoms with Gasteiger partial charge in [0.25, 0.3) is 11.4 Å². The third-order valence-corrected chi connectivity index (χ3v) is 7.56. The van der Waals surface area contributed by atoms with Crippen molar-refractivity contribution in [3.8, 4) is 0 Å². The summed E-state index contributed by atoms with van der Waals surface area (Å²) >= 11 is 0. The first-order valence-corrected chi connectivity index (χ1v) is 12.6. The van der Waals surface area contributed by atoms with Crippen LogP contribution >= 0.6 is 0 Å². The van der Waals surface area contributed by atoms with Crippen LogP contribution in [0.15, 0.2) is 65.5 Å². The molecule has 0 unspecified atom stereocenters. The molecule has 2 aromatic heterocycles. The van der Waals surface area contributed by atoms with Crippen LogP contribution in [0.2, 0.25) is 0 Å². The average Bonchev–Trinajstić information content (AvgIpc) is 2.91. The SMILES string of the molecule is [C-]#[N+]c1ccc2c(n1)c(N1C[C@@H](C)N(C(c3ccc(F)cc3)c3ccc(F)cc3)C[C@@H]1C)c(C)c(=O)n2C. The smallest absolute Gasteiger partial charge is 0.270 e. The lowest BCUT2D eigenvalue weighted by molar-refractivity contribution is 0.130. The minimum absolute atomic E-state index is 0.0120. The number of rotatable bonds is 4. The highest BCUT2D eigenvalue weighted by Crippen LogP contribution is 2.37. The van der Waals surface area contributed by atoms with E-state index in [4.69, 9.17) is 6.57 Å². The van der Waals surface area contributed by atoms with Crippen molar-refractivity contribution >= 4 is 22.5 Å². The third kappa shape index (κ3) is 4.44. The molecular weight excluding hydrogens is 484 g/mol. The van der Waals surface area contributed by atoms with Gasteiger partial charge in [-0.2, -0.15) is 0 Å². The number of aryl methyl sites for hydroxylation is 1. The Labute approximate surface area is 220 Å². The Morgan fingerprint density at radius 2 is 1.50 bits per heavy atom. The largest absolute Gasteiger partial charge is 0.362 e. The zero-order valence-corrected chi connectivity index (χ0v) is 21.8. The zero-order valence-electron chi connectivity index (χ0n) is 21.8. The highest BCUT2D eigenvalue weighted by molar-refractivity contribution is 5.91. The second-order valence-corrected chi connectivity index (χ2v) is 10.0. The van der Waals surface area contributed by atoms with E-state index in [9.17, 15) is 13.6 Å². The fraction of sp³-hybridized carbons (Fsp3) is 0.300. The van der Waals surface area contributed by atoms with Gasteiger partial charge in [-0.1, -0.05) is 30.8 Å². The highest BCUT2D eigenvalue weighted by atomic mass is 19.1. The highest BCUT2D eigenvalue weighted by Gasteiger charge is 2.37. The second kappa shape index (κ2) is 9.99. The zero-order chi connectivity index (χ0) is 27.1. The molecule has 0 aliphatic carbocycles. The van der Waals surface area contributed by atoms with Crippen LogP contribution < -0.4 is 10.5 Å². The number of hydrogen-bond donors (Lipinski definition) is 0. The van der Waals surface area contributed by atoms with Gasteiger partial charge in [-0.25, -0.2) is 8.78 Å². The Morgan fingerprint density at radius 3 is 2.05 bits per heavy atom. The third-order valence-electron chi connectivity index (χ3n) is 7.56. The first-order chi connectivity index (χ1) is 18.2. The van der Waals surface area contributed by atoms with Crippen LogP contribution in [-0.2, 0) is 7.05 Å². The average molecular weight is 514 g/mol. The van der Waals surface area contributed by atoms with Gasteiger partial charge in [-0.15, -0.1) is 4.98 Å². The lowest BCUT2D eigenvalue weighted by atomic mass is 9.93. The molecule has 6 nitrogen and oxygen atoms in total. The lowest BCUT2D eigenvalue weighted by Gasteiger charge is -2.48. The summed E-state index contributed by atoms with van der Waals surface area (Å²) in [6.45, 7) is 14.7. The standard InChI is InChI=1S/C30H29F2N5O/c1-18-17-37(29(21-6-10-23(31)11-7-21)22-8-12-24(32)13-9-22)19(2)16-36(18)28-20(3)30(38)35(5)25-14-15-26(33-4)34-27(25)28/h6-15,18-19,29H,16-17H2,1-3,5H3/t18-,19+/m0/s1. The number of hydrogen-bond acceptors (Lipinski definition) is 4. The van der Waals surface area contributed by atoms with Crippen molar-refractivity contribution in [3.05, 3.63) is 111 Å². The molecule has 3 heterocycles. The molecule has 1 fully saturated rings. The van der Waals surface area contributed by atoms with Gasteiger partial charge in [0, 0.05) is 37.8 Å². The number of fused-ring (bicyclic) bond motifs is 1. The molecule has 1 aliphatic rings. The van der Waals surface area contributed by atoms with Crippen LogP contribution in [0.5, 0.6) is 0 Å². The Hall–Kier alpha value is -4.09. The maximum absolute atomic E-state index is 13.8. The molecule has 8 heteroatoms. The van der Waals surface area contributed by atoms with Crippen molar-refractivity contribution in [1.82, 2.24) is 14.5 Å². The molecule has 0 saturated carbocycles. The van der Waals surface area contributed by atoms with E-state index in [1.54, 1.807) is 48.0 Å². The van der Waals surface area contributed by atoms with Crippen LogP contribution in [0, 0.1) is 25.1 Å². The molecule has 1 aliphatic heterocycles. The molecule has 2 aromatic carbocycles. The molecule has 38 heavy (non-hydrogen) atoms. The summed E-state index contributed by atoms with van der Waals surface area (Å²) in [5.74, 6) is -0.335. The van der Waals surface area contributed by atoms with E-state index in [-0.39, 0.29) is 41.1 Å². The summed E-state index contributed by atoms with van der Waals surface area (Å²) in [7, 11) is 1.72. The predicted molar refractivity (Wildman–Crippen MR) is 146 cm³/mol. The van der Waals surface area contributed by atoms with E-state index in [1.165, 1.54) is 24.3 Å². The van der Waals surface area contributed by atoms with E-state index in [2.05, 4.69) is 33.5 Å². The van der Waals surface area contributed by atoms with Gasteiger partial charge in [0.05, 0.1) is 17.2 Å². The van der Waals surface area contributed by atoms with Crippen LogP contribution in [0.4, 0.5) is 20.3 Å². The second-order valence-electron chi connectivity index (χ2n) is 10.0. The number of benzene rings is 2. The van der Waals surface area contributed by atoms with Gasteiger partial charge in [0.1, 0.15) is 11.6 Å². The number of pyridine rings is 2. The van der Waals surface area contributed by atoms with E-state index in [1.807, 2.05) is 6.92 Å². The van der Waals surface area contributed by atoms with Crippen LogP contribution in [0.1, 0.15) is 36.6 Å². The van der Waals surface area contributed by atoms with E-state index in [0.717, 1.165) is 16.8 Å². The van der Waals surface area contributed by atoms with Crippen LogP contribution in [-0.4, -0.2) is 39.6 Å². The van der Waals surface area contributed by atoms with Gasteiger partial charge in [-0.05, 0) is 68.3 Å². The Kier molecular flexibility index (Phi) is 6.72. The number of piperazine rings is 1. The van der Waals surface area contributed by atoms with Crippen molar-refractivity contribution in [1.29, 1.82) is 0 Å². The molecule has 194 valence electrons. The first kappa shape index (κ1) is 25.6. The van der Waals surface area contributed by atoms with Crippen LogP contribution in [0.3, 0.4) is 0 Å². The molecule has 0 N–H and O–H groups in total. The molecule has 1 saturated heterocycles. The van der Waals surface area contributed by atoms with Crippen molar-refractivity contribution in [2.24, 2.45) is 7.05 Å². The number of aromatic nitrogens is 2. The number of nitrogens with zero attached hydrogens (tertiary/aromatic N) is 5. The summed E-state index contributed by atoms with van der Waals surface area (Å²) in [6.07, 6.45) is 0. The van der Waals surface area contributed by atoms with E-state index < -0.39 is 0 Å². The quantitative estimate of drug-likeness (QED) is 0.326. The molecule has 5 rings (SSSR count). The minimum Gasteiger partial charge on any atom is -0.362 e. The van der Waals surface area contributed by atoms with Crippen molar-refractivity contribution in [2.75, 3.05) is 18.0 Å². The summed E-state index contributed by atoms with van der Waals surface area (Å²) in [4.78, 5) is 25.8. The monoisotopic (exact) mass is 513 g/mol. The van der Waals surface area contributed by atoms with Crippen molar-refractivity contribution in [3.63, 3.8) is 0 Å². The first-order valence-electron chi connectivity index (χ1n) is 12.6. The number of halogens is 2. The molecule has 4 aromatic rings. The Morgan fingerprint density at radius 1 is 0.921 bits per heavy atom. The van der Waals surface area contributed by atoms with Gasteiger partial charge < -0.3 is 14.3 Å². The van der Waals surface area contributed by atoms with Crippen molar-refractivity contribution < 1.29 is 8.78 Å². The molecule has 0 spiro atoms. The van der Waals surface area contributed by atoms with Gasteiger partial charge in [0.2, 0.25) is 5.52 Å². The van der Waals surface area contributed by atoms with Crippen molar-refractivity contribution in [2.45, 2.75) is 38.9 Å². The Balaban J connectivity index is 1.58. The van der Waals surface area contributed by atoms with E-state index >= 15 is 0 Å². The Bertz CT molecular complexity index is 1550. The molecule has 0 bridgehead atoms. The summed E-state index contributed by atoms with van der Waals surface area (Å²) in [5, 5.41) is 0. The molecule has 0 amide bonds. The number of anilines is 1.